The van der Waals surface area contributed by atoms with E-state index in [0.717, 1.165) is 21.2 Å². The Labute approximate surface area is 129 Å². The second-order valence-corrected chi connectivity index (χ2v) is 7.55. The van der Waals surface area contributed by atoms with Crippen molar-refractivity contribution < 1.29 is 0 Å². The van der Waals surface area contributed by atoms with Crippen molar-refractivity contribution in [3.8, 4) is 0 Å². The summed E-state index contributed by atoms with van der Waals surface area (Å²) in [6.07, 6.45) is 1.12. The summed E-state index contributed by atoms with van der Waals surface area (Å²) in [5.41, 5.74) is 2.69. The molecule has 0 N–H and O–H groups in total. The molecule has 0 nitrogen and oxygen atoms in total. The van der Waals surface area contributed by atoms with Gasteiger partial charge >= 0.3 is 0 Å². The normalized spacial score (nSPS) is 13.5. The molecule has 1 aromatic heterocycles. The van der Waals surface area contributed by atoms with Gasteiger partial charge in [-0.2, -0.15) is 0 Å². The lowest BCUT2D eigenvalue weighted by Crippen LogP contribution is -2.15. The first-order valence-electron chi connectivity index (χ1n) is 6.44. The molecule has 0 bridgehead atoms. The molecule has 1 heterocycles. The predicted octanol–water partition coefficient (Wildman–Crippen LogP) is 6.42. The molecule has 1 atom stereocenters. The van der Waals surface area contributed by atoms with E-state index in [1.54, 1.807) is 0 Å². The van der Waals surface area contributed by atoms with E-state index < -0.39 is 0 Å². The fraction of sp³-hybridized carbons (Fsp3) is 0.375. The minimum Gasteiger partial charge on any atom is -0.127 e. The minimum atomic E-state index is -0.115. The predicted molar refractivity (Wildman–Crippen MR) is 86.8 cm³/mol. The third kappa shape index (κ3) is 3.34. The molecule has 0 radical (unpaired) electrons. The second kappa shape index (κ2) is 5.87. The number of thiophene rings is 1. The number of alkyl halides is 1. The molecule has 1 unspecified atom stereocenters. The van der Waals surface area contributed by atoms with Crippen molar-refractivity contribution in [1.29, 1.82) is 0 Å². The van der Waals surface area contributed by atoms with Crippen LogP contribution < -0.4 is 0 Å². The Morgan fingerprint density at radius 3 is 2.21 bits per heavy atom. The van der Waals surface area contributed by atoms with Crippen LogP contribution in [0.25, 0.3) is 0 Å². The summed E-state index contributed by atoms with van der Waals surface area (Å²) < 4.78 is 0.782. The van der Waals surface area contributed by atoms with Gasteiger partial charge < -0.3 is 0 Å². The van der Waals surface area contributed by atoms with Crippen molar-refractivity contribution in [1.82, 2.24) is 0 Å². The van der Waals surface area contributed by atoms with E-state index in [9.17, 15) is 0 Å². The van der Waals surface area contributed by atoms with Gasteiger partial charge in [0, 0.05) is 4.88 Å². The highest BCUT2D eigenvalue weighted by molar-refractivity contribution is 7.16. The molecule has 0 aliphatic rings. The molecule has 1 aromatic carbocycles. The van der Waals surface area contributed by atoms with Gasteiger partial charge in [-0.3, -0.25) is 0 Å². The van der Waals surface area contributed by atoms with Crippen LogP contribution in [0.1, 0.15) is 48.6 Å². The highest BCUT2D eigenvalue weighted by Gasteiger charge is 2.19. The summed E-state index contributed by atoms with van der Waals surface area (Å²) in [6, 6.07) is 12.5. The smallest absolute Gasteiger partial charge is 0.0931 e. The first-order valence-corrected chi connectivity index (χ1v) is 8.07. The Hall–Kier alpha value is -0.500. The summed E-state index contributed by atoms with van der Waals surface area (Å²) >= 11 is 14.0. The van der Waals surface area contributed by atoms with Crippen molar-refractivity contribution in [2.75, 3.05) is 0 Å². The molecule has 0 fully saturated rings. The number of benzene rings is 1. The molecule has 0 amide bonds. The van der Waals surface area contributed by atoms with Crippen LogP contribution in [0.3, 0.4) is 0 Å². The minimum absolute atomic E-state index is 0.115. The van der Waals surface area contributed by atoms with Gasteiger partial charge in [-0.15, -0.1) is 22.9 Å². The lowest BCUT2D eigenvalue weighted by Gasteiger charge is -2.23. The monoisotopic (exact) mass is 312 g/mol. The van der Waals surface area contributed by atoms with E-state index in [0.29, 0.717) is 0 Å². The van der Waals surface area contributed by atoms with E-state index in [4.69, 9.17) is 23.2 Å². The summed E-state index contributed by atoms with van der Waals surface area (Å²) in [5.74, 6) is 0. The van der Waals surface area contributed by atoms with Crippen LogP contribution in [0.5, 0.6) is 0 Å². The molecule has 2 aromatic rings. The fourth-order valence-corrected chi connectivity index (χ4v) is 3.36. The van der Waals surface area contributed by atoms with Gasteiger partial charge in [0.05, 0.1) is 9.71 Å². The van der Waals surface area contributed by atoms with Gasteiger partial charge in [-0.1, -0.05) is 56.6 Å². The van der Waals surface area contributed by atoms with E-state index in [1.807, 2.05) is 12.1 Å². The third-order valence-corrected chi connectivity index (χ3v) is 5.62. The molecule has 0 saturated carbocycles. The summed E-state index contributed by atoms with van der Waals surface area (Å²) in [4.78, 5) is 1.09. The molecule has 0 saturated heterocycles. The molecular weight excluding hydrogens is 295 g/mol. The number of rotatable bonds is 4. The van der Waals surface area contributed by atoms with E-state index in [1.165, 1.54) is 16.9 Å². The van der Waals surface area contributed by atoms with Crippen LogP contribution in [0.2, 0.25) is 4.34 Å². The summed E-state index contributed by atoms with van der Waals surface area (Å²) in [6.45, 7) is 6.74. The van der Waals surface area contributed by atoms with Crippen molar-refractivity contribution in [2.24, 2.45) is 0 Å². The highest BCUT2D eigenvalue weighted by Crippen LogP contribution is 2.36. The average Bonchev–Trinajstić information content (AvgIpc) is 2.85. The van der Waals surface area contributed by atoms with Crippen LogP contribution in [0.4, 0.5) is 0 Å². The van der Waals surface area contributed by atoms with Crippen LogP contribution in [0.15, 0.2) is 36.4 Å². The molecule has 2 rings (SSSR count). The zero-order chi connectivity index (χ0) is 14.0. The van der Waals surface area contributed by atoms with Crippen molar-refractivity contribution in [2.45, 2.75) is 38.0 Å². The molecule has 3 heteroatoms. The van der Waals surface area contributed by atoms with E-state index >= 15 is 0 Å². The number of hydrogen-bond donors (Lipinski definition) is 0. The lowest BCUT2D eigenvalue weighted by molar-refractivity contribution is 0.506. The van der Waals surface area contributed by atoms with Crippen molar-refractivity contribution in [3.63, 3.8) is 0 Å². The van der Waals surface area contributed by atoms with E-state index in [2.05, 4.69) is 45.0 Å². The van der Waals surface area contributed by atoms with Crippen LogP contribution in [-0.2, 0) is 5.41 Å². The molecule has 0 aliphatic heterocycles. The average molecular weight is 313 g/mol. The number of hydrogen-bond acceptors (Lipinski definition) is 1. The van der Waals surface area contributed by atoms with Gasteiger partial charge in [0.1, 0.15) is 0 Å². The van der Waals surface area contributed by atoms with E-state index in [-0.39, 0.29) is 10.8 Å². The molecule has 19 heavy (non-hydrogen) atoms. The lowest BCUT2D eigenvalue weighted by atomic mass is 9.82. The second-order valence-electron chi connectivity index (χ2n) is 5.36. The summed E-state index contributed by atoms with van der Waals surface area (Å²) in [7, 11) is 0. The zero-order valence-corrected chi connectivity index (χ0v) is 13.7. The molecule has 0 aliphatic carbocycles. The standard InChI is InChI=1S/C16H18Cl2S/c1-4-16(2,3)12-7-5-11(6-8-12)15(18)13-9-10-14(17)19-13/h5-10,15H,4H2,1-3H3. The summed E-state index contributed by atoms with van der Waals surface area (Å²) in [5, 5.41) is -0.115. The Morgan fingerprint density at radius 2 is 1.74 bits per heavy atom. The van der Waals surface area contributed by atoms with Crippen LogP contribution in [-0.4, -0.2) is 0 Å². The Bertz CT molecular complexity index is 540. The Kier molecular flexibility index (Phi) is 4.60. The third-order valence-electron chi connectivity index (χ3n) is 3.71. The topological polar surface area (TPSA) is 0 Å². The quantitative estimate of drug-likeness (QED) is 0.571. The van der Waals surface area contributed by atoms with Crippen molar-refractivity contribution >= 4 is 34.5 Å². The highest BCUT2D eigenvalue weighted by atomic mass is 35.5. The van der Waals surface area contributed by atoms with Gasteiger partial charge in [-0.25, -0.2) is 0 Å². The Morgan fingerprint density at radius 1 is 1.11 bits per heavy atom. The maximum Gasteiger partial charge on any atom is 0.0931 e. The van der Waals surface area contributed by atoms with Crippen LogP contribution in [0, 0.1) is 0 Å². The van der Waals surface area contributed by atoms with Gasteiger partial charge in [0.2, 0.25) is 0 Å². The first kappa shape index (κ1) is 14.9. The van der Waals surface area contributed by atoms with Gasteiger partial charge in [0.15, 0.2) is 0 Å². The fourth-order valence-electron chi connectivity index (χ4n) is 1.94. The molecule has 102 valence electrons. The largest absolute Gasteiger partial charge is 0.127 e. The maximum absolute atomic E-state index is 6.50. The van der Waals surface area contributed by atoms with Gasteiger partial charge in [0.25, 0.3) is 0 Å². The SMILES string of the molecule is CCC(C)(C)c1ccc(C(Cl)c2ccc(Cl)s2)cc1. The molecular formula is C16H18Cl2S. The first-order chi connectivity index (χ1) is 8.94. The molecule has 0 spiro atoms. The van der Waals surface area contributed by atoms with Crippen molar-refractivity contribution in [3.05, 3.63) is 56.7 Å². The zero-order valence-electron chi connectivity index (χ0n) is 11.4. The van der Waals surface area contributed by atoms with Crippen LogP contribution >= 0.6 is 34.5 Å². The van der Waals surface area contributed by atoms with Gasteiger partial charge in [-0.05, 0) is 35.1 Å². The number of halogens is 2. The Balaban J connectivity index is 2.23. The maximum atomic E-state index is 6.50.